The Hall–Kier alpha value is -2.77. The largest absolute Gasteiger partial charge is 0.323 e. The lowest BCUT2D eigenvalue weighted by molar-refractivity contribution is 0.0985. The van der Waals surface area contributed by atoms with E-state index in [0.717, 1.165) is 25.5 Å². The third-order valence-corrected chi connectivity index (χ3v) is 6.85. The molecule has 1 aliphatic heterocycles. The summed E-state index contributed by atoms with van der Waals surface area (Å²) in [7, 11) is 0. The zero-order valence-electron chi connectivity index (χ0n) is 16.5. The number of nitrogens with one attached hydrogen (secondary N) is 2. The van der Waals surface area contributed by atoms with E-state index in [1.165, 1.54) is 0 Å². The first-order valence-electron chi connectivity index (χ1n) is 9.53. The van der Waals surface area contributed by atoms with Crippen LogP contribution in [0.15, 0.2) is 74.9 Å². The first kappa shape index (κ1) is 20.5. The summed E-state index contributed by atoms with van der Waals surface area (Å²) < 4.78 is 0.988. The summed E-state index contributed by atoms with van der Waals surface area (Å²) in [5.41, 5.74) is 3.85. The molecule has 3 aromatic carbocycles. The molecule has 0 saturated heterocycles. The molecule has 7 heteroatoms. The minimum absolute atomic E-state index is 0.0358. The Morgan fingerprint density at radius 3 is 2.43 bits per heavy atom. The van der Waals surface area contributed by atoms with Crippen LogP contribution in [0.2, 0.25) is 0 Å². The van der Waals surface area contributed by atoms with Crippen LogP contribution in [-0.4, -0.2) is 18.5 Å². The molecule has 1 heterocycles. The molecule has 2 N–H and O–H groups in total. The molecule has 0 aromatic heterocycles. The molecule has 0 aliphatic carbocycles. The molecule has 4 rings (SSSR count). The SMILES string of the molecule is CCN1C(=O)c2ccccc2Sc2ccc(NC(=O)Nc3ccc(Br)c(C)c3)cc21. The maximum Gasteiger partial charge on any atom is 0.323 e. The lowest BCUT2D eigenvalue weighted by atomic mass is 10.1. The van der Waals surface area contributed by atoms with Gasteiger partial charge in [-0.3, -0.25) is 4.79 Å². The van der Waals surface area contributed by atoms with E-state index < -0.39 is 0 Å². The highest BCUT2D eigenvalue weighted by atomic mass is 79.9. The summed E-state index contributed by atoms with van der Waals surface area (Å²) in [5, 5.41) is 5.71. The quantitative estimate of drug-likeness (QED) is 0.446. The van der Waals surface area contributed by atoms with Crippen molar-refractivity contribution in [2.24, 2.45) is 0 Å². The van der Waals surface area contributed by atoms with E-state index in [1.807, 2.05) is 74.5 Å². The summed E-state index contributed by atoms with van der Waals surface area (Å²) in [4.78, 5) is 29.2. The van der Waals surface area contributed by atoms with Crippen molar-refractivity contribution in [3.05, 3.63) is 76.3 Å². The van der Waals surface area contributed by atoms with E-state index in [4.69, 9.17) is 0 Å². The number of halogens is 1. The van der Waals surface area contributed by atoms with Gasteiger partial charge in [0.25, 0.3) is 5.91 Å². The fourth-order valence-corrected chi connectivity index (χ4v) is 4.63. The smallest absolute Gasteiger partial charge is 0.308 e. The second-order valence-electron chi connectivity index (χ2n) is 6.87. The Morgan fingerprint density at radius 1 is 1.00 bits per heavy atom. The number of urea groups is 1. The van der Waals surface area contributed by atoms with Gasteiger partial charge in [0, 0.05) is 32.2 Å². The van der Waals surface area contributed by atoms with E-state index in [-0.39, 0.29) is 11.9 Å². The van der Waals surface area contributed by atoms with Gasteiger partial charge >= 0.3 is 6.03 Å². The summed E-state index contributed by atoms with van der Waals surface area (Å²) >= 11 is 5.02. The molecule has 0 unspecified atom stereocenters. The molecular formula is C23H20BrN3O2S. The number of hydrogen-bond acceptors (Lipinski definition) is 3. The van der Waals surface area contributed by atoms with Crippen LogP contribution in [0.3, 0.4) is 0 Å². The van der Waals surface area contributed by atoms with Crippen molar-refractivity contribution in [2.45, 2.75) is 23.6 Å². The van der Waals surface area contributed by atoms with Gasteiger partial charge in [-0.05, 0) is 67.9 Å². The highest BCUT2D eigenvalue weighted by Gasteiger charge is 2.26. The van der Waals surface area contributed by atoms with Crippen molar-refractivity contribution in [3.8, 4) is 0 Å². The number of rotatable bonds is 3. The number of anilines is 3. The molecule has 5 nitrogen and oxygen atoms in total. The maximum absolute atomic E-state index is 13.1. The van der Waals surface area contributed by atoms with Crippen molar-refractivity contribution >= 4 is 56.7 Å². The highest BCUT2D eigenvalue weighted by molar-refractivity contribution is 9.10. The third-order valence-electron chi connectivity index (χ3n) is 4.82. The number of fused-ring (bicyclic) bond motifs is 2. The number of carbonyl (C=O) groups is 2. The van der Waals surface area contributed by atoms with E-state index in [9.17, 15) is 9.59 Å². The number of nitrogens with zero attached hydrogens (tertiary/aromatic N) is 1. The Morgan fingerprint density at radius 2 is 1.70 bits per heavy atom. The van der Waals surface area contributed by atoms with Crippen LogP contribution < -0.4 is 15.5 Å². The molecule has 0 saturated carbocycles. The minimum Gasteiger partial charge on any atom is -0.308 e. The molecule has 0 bridgehead atoms. The molecule has 3 amide bonds. The first-order valence-corrected chi connectivity index (χ1v) is 11.1. The standard InChI is InChI=1S/C23H20BrN3O2S/c1-3-27-19-13-16(26-23(29)25-15-8-10-18(24)14(2)12-15)9-11-21(19)30-20-7-5-4-6-17(20)22(27)28/h4-13H,3H2,1-2H3,(H2,25,26,29). The van der Waals surface area contributed by atoms with E-state index in [0.29, 0.717) is 23.5 Å². The van der Waals surface area contributed by atoms with Crippen LogP contribution in [0.1, 0.15) is 22.8 Å². The predicted molar refractivity (Wildman–Crippen MR) is 126 cm³/mol. The summed E-state index contributed by atoms with van der Waals surface area (Å²) in [5.74, 6) is -0.0358. The number of hydrogen-bond donors (Lipinski definition) is 2. The Kier molecular flexibility index (Phi) is 5.83. The lowest BCUT2D eigenvalue weighted by Gasteiger charge is -2.22. The number of amides is 3. The zero-order valence-corrected chi connectivity index (χ0v) is 18.9. The molecule has 0 radical (unpaired) electrons. The molecule has 0 fully saturated rings. The van der Waals surface area contributed by atoms with Crippen LogP contribution in [0.5, 0.6) is 0 Å². The molecule has 3 aromatic rings. The van der Waals surface area contributed by atoms with Gasteiger partial charge in [0.1, 0.15) is 0 Å². The second-order valence-corrected chi connectivity index (χ2v) is 8.81. The van der Waals surface area contributed by atoms with E-state index in [1.54, 1.807) is 16.7 Å². The fraction of sp³-hybridized carbons (Fsp3) is 0.130. The van der Waals surface area contributed by atoms with Gasteiger partial charge in [-0.1, -0.05) is 39.8 Å². The minimum atomic E-state index is -0.337. The molecular weight excluding hydrogens is 462 g/mol. The van der Waals surface area contributed by atoms with Crippen LogP contribution in [0, 0.1) is 6.92 Å². The molecule has 0 atom stereocenters. The average molecular weight is 482 g/mol. The molecule has 1 aliphatic rings. The van der Waals surface area contributed by atoms with Crippen LogP contribution in [-0.2, 0) is 0 Å². The number of aryl methyl sites for hydroxylation is 1. The summed E-state index contributed by atoms with van der Waals surface area (Å²) in [6.45, 7) is 4.45. The van der Waals surface area contributed by atoms with Gasteiger partial charge in [-0.2, -0.15) is 0 Å². The Labute approximate surface area is 188 Å². The predicted octanol–water partition coefficient (Wildman–Crippen LogP) is 6.53. The molecule has 0 spiro atoms. The van der Waals surface area contributed by atoms with Gasteiger partial charge < -0.3 is 15.5 Å². The van der Waals surface area contributed by atoms with Gasteiger partial charge in [-0.15, -0.1) is 0 Å². The molecule has 30 heavy (non-hydrogen) atoms. The van der Waals surface area contributed by atoms with Crippen molar-refractivity contribution in [1.29, 1.82) is 0 Å². The van der Waals surface area contributed by atoms with E-state index >= 15 is 0 Å². The Balaban J connectivity index is 1.59. The zero-order chi connectivity index (χ0) is 21.3. The number of carbonyl (C=O) groups excluding carboxylic acids is 2. The topological polar surface area (TPSA) is 61.4 Å². The summed E-state index contributed by atoms with van der Waals surface area (Å²) in [6, 6.07) is 18.6. The number of benzene rings is 3. The van der Waals surface area contributed by atoms with Gasteiger partial charge in [0.05, 0.1) is 11.3 Å². The van der Waals surface area contributed by atoms with Gasteiger partial charge in [0.15, 0.2) is 0 Å². The van der Waals surface area contributed by atoms with Gasteiger partial charge in [-0.25, -0.2) is 4.79 Å². The van der Waals surface area contributed by atoms with Gasteiger partial charge in [0.2, 0.25) is 0 Å². The van der Waals surface area contributed by atoms with Crippen molar-refractivity contribution in [3.63, 3.8) is 0 Å². The summed E-state index contributed by atoms with van der Waals surface area (Å²) in [6.07, 6.45) is 0. The second kappa shape index (κ2) is 8.53. The van der Waals surface area contributed by atoms with Crippen molar-refractivity contribution < 1.29 is 9.59 Å². The average Bonchev–Trinajstić information content (AvgIpc) is 2.84. The Bertz CT molecular complexity index is 1150. The molecule has 152 valence electrons. The van der Waals surface area contributed by atoms with Crippen LogP contribution in [0.25, 0.3) is 0 Å². The fourth-order valence-electron chi connectivity index (χ4n) is 3.33. The van der Waals surface area contributed by atoms with Crippen molar-refractivity contribution in [1.82, 2.24) is 0 Å². The monoisotopic (exact) mass is 481 g/mol. The maximum atomic E-state index is 13.1. The highest BCUT2D eigenvalue weighted by Crippen LogP contribution is 2.42. The third kappa shape index (κ3) is 4.08. The van der Waals surface area contributed by atoms with Crippen LogP contribution >= 0.6 is 27.7 Å². The lowest BCUT2D eigenvalue weighted by Crippen LogP contribution is -2.30. The normalized spacial score (nSPS) is 12.6. The van der Waals surface area contributed by atoms with Crippen LogP contribution in [0.4, 0.5) is 21.9 Å². The first-order chi connectivity index (χ1) is 14.5. The van der Waals surface area contributed by atoms with E-state index in [2.05, 4.69) is 26.6 Å². The van der Waals surface area contributed by atoms with Crippen molar-refractivity contribution in [2.75, 3.05) is 22.1 Å².